The maximum absolute atomic E-state index is 12.2. The van der Waals surface area contributed by atoms with Crippen LogP contribution in [0.3, 0.4) is 0 Å². The number of halogens is 9. The Hall–Kier alpha value is -1.51. The second-order valence-corrected chi connectivity index (χ2v) is 10.1. The van der Waals surface area contributed by atoms with E-state index in [9.17, 15) is 52.5 Å². The average Bonchev–Trinajstić information content (AvgIpc) is 3.21. The van der Waals surface area contributed by atoms with Crippen LogP contribution >= 0.6 is 0 Å². The van der Waals surface area contributed by atoms with Gasteiger partial charge in [0.05, 0.1) is 13.1 Å². The summed E-state index contributed by atoms with van der Waals surface area (Å²) in [5.74, 6) is -14.8. The summed E-state index contributed by atoms with van der Waals surface area (Å²) in [4.78, 5) is 0. The fraction of sp³-hybridized carbons (Fsp3) is 0.864. The molecule has 0 unspecified atom stereocenters. The van der Waals surface area contributed by atoms with Crippen molar-refractivity contribution < 1.29 is 57.1 Å². The van der Waals surface area contributed by atoms with Crippen molar-refractivity contribution in [3.63, 3.8) is 0 Å². The zero-order valence-electron chi connectivity index (χ0n) is 20.9. The highest BCUT2D eigenvalue weighted by Crippen LogP contribution is 2.54. The Kier molecular flexibility index (Phi) is 14.6. The largest absolute Gasteiger partial charge is 0.743 e. The van der Waals surface area contributed by atoms with Crippen LogP contribution in [0.1, 0.15) is 84.5 Å². The Morgan fingerprint density at radius 3 is 1.59 bits per heavy atom. The number of aromatic nitrogens is 2. The first-order valence-corrected chi connectivity index (χ1v) is 13.5. The van der Waals surface area contributed by atoms with Crippen molar-refractivity contribution in [2.45, 2.75) is 121 Å². The van der Waals surface area contributed by atoms with Gasteiger partial charge in [0, 0.05) is 0 Å². The normalized spacial score (nSPS) is 13.4. The maximum atomic E-state index is 12.2. The smallest absolute Gasteiger partial charge is 0.460 e. The highest BCUT2D eigenvalue weighted by Gasteiger charge is 2.83. The van der Waals surface area contributed by atoms with Gasteiger partial charge in [-0.3, -0.25) is 0 Å². The molecule has 0 aliphatic rings. The Bertz CT molecular complexity index is 873. The third-order valence-corrected chi connectivity index (χ3v) is 6.31. The predicted octanol–water partition coefficient (Wildman–Crippen LogP) is 7.06. The fourth-order valence-electron chi connectivity index (χ4n) is 3.26. The Morgan fingerprint density at radius 2 is 1.19 bits per heavy atom. The first-order valence-electron chi connectivity index (χ1n) is 12.1. The molecule has 1 rings (SSSR count). The lowest BCUT2D eigenvalue weighted by Crippen LogP contribution is -2.63. The second kappa shape index (κ2) is 15.2. The van der Waals surface area contributed by atoms with E-state index in [1.165, 1.54) is 77.2 Å². The van der Waals surface area contributed by atoms with Crippen LogP contribution in [0.15, 0.2) is 18.7 Å². The van der Waals surface area contributed by atoms with Crippen molar-refractivity contribution in [1.82, 2.24) is 4.57 Å². The minimum Gasteiger partial charge on any atom is -0.743 e. The molecule has 0 aliphatic carbocycles. The molecular weight excluding hydrogens is 543 g/mol. The topological polar surface area (TPSA) is 66.0 Å². The van der Waals surface area contributed by atoms with Gasteiger partial charge in [0.15, 0.2) is 10.1 Å². The molecule has 0 bridgehead atoms. The van der Waals surface area contributed by atoms with Crippen molar-refractivity contribution >= 4 is 10.1 Å². The molecule has 0 radical (unpaired) electrons. The van der Waals surface area contributed by atoms with E-state index in [0.29, 0.717) is 0 Å². The Balaban J connectivity index is 0.000000712. The lowest BCUT2D eigenvalue weighted by atomic mass is 10.1. The van der Waals surface area contributed by atoms with Crippen molar-refractivity contribution in [3.8, 4) is 0 Å². The van der Waals surface area contributed by atoms with Gasteiger partial charge in [0.1, 0.15) is 12.4 Å². The summed E-state index contributed by atoms with van der Waals surface area (Å²) in [5.41, 5.74) is 0. The summed E-state index contributed by atoms with van der Waals surface area (Å²) in [6, 6.07) is 0. The average molecular weight is 579 g/mol. The van der Waals surface area contributed by atoms with Crippen LogP contribution in [0.5, 0.6) is 0 Å². The van der Waals surface area contributed by atoms with Crippen LogP contribution in [0.2, 0.25) is 0 Å². The fourth-order valence-corrected chi connectivity index (χ4v) is 3.70. The van der Waals surface area contributed by atoms with Crippen LogP contribution in [-0.4, -0.2) is 40.8 Å². The van der Waals surface area contributed by atoms with E-state index in [4.69, 9.17) is 0 Å². The van der Waals surface area contributed by atoms with E-state index in [0.717, 1.165) is 6.54 Å². The minimum atomic E-state index is -7.43. The van der Waals surface area contributed by atoms with Gasteiger partial charge in [-0.2, -0.15) is 39.5 Å². The number of rotatable bonds is 16. The van der Waals surface area contributed by atoms with E-state index in [-0.39, 0.29) is 0 Å². The molecule has 15 heteroatoms. The predicted molar refractivity (Wildman–Crippen MR) is 117 cm³/mol. The molecule has 37 heavy (non-hydrogen) atoms. The number of hydrogen-bond acceptors (Lipinski definition) is 3. The van der Waals surface area contributed by atoms with Crippen LogP contribution in [0.4, 0.5) is 39.5 Å². The van der Waals surface area contributed by atoms with Crippen LogP contribution in [-0.2, 0) is 23.2 Å². The van der Waals surface area contributed by atoms with Crippen molar-refractivity contribution in [3.05, 3.63) is 18.7 Å². The molecule has 0 atom stereocenters. The summed E-state index contributed by atoms with van der Waals surface area (Å²) < 4.78 is 140. The van der Waals surface area contributed by atoms with E-state index >= 15 is 0 Å². The van der Waals surface area contributed by atoms with Gasteiger partial charge in [0.25, 0.3) is 0 Å². The van der Waals surface area contributed by atoms with Crippen LogP contribution in [0, 0.1) is 0 Å². The lowest BCUT2D eigenvalue weighted by Gasteiger charge is -2.34. The third-order valence-electron chi connectivity index (χ3n) is 5.43. The number of imidazole rings is 1. The summed E-state index contributed by atoms with van der Waals surface area (Å²) in [6.45, 7) is 6.85. The quantitative estimate of drug-likeness (QED) is 0.0913. The first kappa shape index (κ1) is 35.5. The zero-order valence-corrected chi connectivity index (χ0v) is 21.7. The molecule has 0 N–H and O–H groups in total. The van der Waals surface area contributed by atoms with Gasteiger partial charge in [0.2, 0.25) is 6.33 Å². The molecule has 0 aromatic carbocycles. The maximum Gasteiger partial charge on any atom is 0.460 e. The lowest BCUT2D eigenvalue weighted by molar-refractivity contribution is -0.696. The van der Waals surface area contributed by atoms with Gasteiger partial charge in [-0.25, -0.2) is 17.6 Å². The monoisotopic (exact) mass is 578 g/mol. The molecule has 5 nitrogen and oxygen atoms in total. The number of aryl methyl sites for hydroxylation is 2. The molecule has 0 saturated heterocycles. The number of alkyl halides is 9. The number of hydrogen-bond donors (Lipinski definition) is 0. The van der Waals surface area contributed by atoms with Crippen LogP contribution in [0.25, 0.3) is 0 Å². The first-order chi connectivity index (χ1) is 16.9. The molecule has 0 fully saturated rings. The molecule has 1 heterocycles. The van der Waals surface area contributed by atoms with Gasteiger partial charge in [-0.05, 0) is 19.3 Å². The molecule has 0 saturated carbocycles. The highest BCUT2D eigenvalue weighted by atomic mass is 32.2. The van der Waals surface area contributed by atoms with Crippen molar-refractivity contribution in [2.75, 3.05) is 0 Å². The minimum absolute atomic E-state index is 1.14. The summed E-state index contributed by atoms with van der Waals surface area (Å²) in [6.07, 6.45) is 14.9. The Morgan fingerprint density at radius 1 is 0.730 bits per heavy atom. The summed E-state index contributed by atoms with van der Waals surface area (Å²) >= 11 is 0. The highest BCUT2D eigenvalue weighted by molar-refractivity contribution is 7.86. The van der Waals surface area contributed by atoms with E-state index in [1.807, 2.05) is 0 Å². The summed E-state index contributed by atoms with van der Waals surface area (Å²) in [5, 5.41) is -7.11. The molecular formula is C22H35F9N2O3S. The van der Waals surface area contributed by atoms with Crippen molar-refractivity contribution in [2.24, 2.45) is 0 Å². The van der Waals surface area contributed by atoms with Gasteiger partial charge in [-0.15, -0.1) is 0 Å². The van der Waals surface area contributed by atoms with E-state index < -0.39 is 33.4 Å². The summed E-state index contributed by atoms with van der Waals surface area (Å²) in [7, 11) is -7.42. The Labute approximate surface area is 211 Å². The SMILES string of the molecule is CCCCCCCCCCCCn1cc[n+](CCC)c1.O=S(=O)([O-])C(F)(F)C(F)(F)C(F)(F)C(F)(F)F. The molecule has 0 aliphatic heterocycles. The molecule has 220 valence electrons. The zero-order chi connectivity index (χ0) is 29.0. The van der Waals surface area contributed by atoms with Gasteiger partial charge >= 0.3 is 23.3 Å². The number of unbranched alkanes of at least 4 members (excludes halogenated alkanes) is 9. The van der Waals surface area contributed by atoms with E-state index in [2.05, 4.69) is 41.7 Å². The van der Waals surface area contributed by atoms with Gasteiger partial charge < -0.3 is 4.55 Å². The standard InChI is InChI=1S/C18H35N2.C4HF9O3S/c1-3-5-6-7-8-9-10-11-12-13-15-20-17-16-19(18-20)14-4-2;5-1(6,3(9,10)11)2(7,8)4(12,13)17(14,15)16/h16-18H,3-15H2,1-2H3;(H,14,15,16)/q+1;/p-1. The molecule has 1 aromatic rings. The van der Waals surface area contributed by atoms with Crippen molar-refractivity contribution in [1.29, 1.82) is 0 Å². The second-order valence-electron chi connectivity index (χ2n) is 8.69. The number of nitrogens with zero attached hydrogens (tertiary/aromatic N) is 2. The van der Waals surface area contributed by atoms with E-state index in [1.54, 1.807) is 0 Å². The van der Waals surface area contributed by atoms with Crippen LogP contribution < -0.4 is 4.57 Å². The molecule has 0 spiro atoms. The third kappa shape index (κ3) is 10.6. The molecule has 0 amide bonds. The molecule has 1 aromatic heterocycles. The van der Waals surface area contributed by atoms with Gasteiger partial charge in [-0.1, -0.05) is 65.2 Å².